The molecule has 0 bridgehead atoms. The summed E-state index contributed by atoms with van der Waals surface area (Å²) in [5.41, 5.74) is 0.492. The molecule has 3 unspecified atom stereocenters. The molecule has 0 saturated carbocycles. The van der Waals surface area contributed by atoms with Crippen molar-refractivity contribution in [2.24, 2.45) is 0 Å². The maximum atomic E-state index is 13.1. The van der Waals surface area contributed by atoms with Crippen LogP contribution < -0.4 is 5.32 Å². The van der Waals surface area contributed by atoms with Gasteiger partial charge in [-0.3, -0.25) is 4.79 Å². The third-order valence-corrected chi connectivity index (χ3v) is 4.30. The number of fused-ring (bicyclic) bond motifs is 1. The monoisotopic (exact) mass is 372 g/mol. The molecule has 26 heavy (non-hydrogen) atoms. The minimum atomic E-state index is -4.37. The van der Waals surface area contributed by atoms with Gasteiger partial charge in [0.2, 0.25) is 5.95 Å². The van der Waals surface area contributed by atoms with Crippen LogP contribution in [0.5, 0.6) is 0 Å². The Morgan fingerprint density at radius 1 is 1.46 bits per heavy atom. The number of nitrogens with zero attached hydrogens (tertiary/aromatic N) is 3. The van der Waals surface area contributed by atoms with E-state index in [9.17, 15) is 18.0 Å². The van der Waals surface area contributed by atoms with Gasteiger partial charge in [-0.2, -0.15) is 13.2 Å². The van der Waals surface area contributed by atoms with E-state index in [2.05, 4.69) is 15.4 Å². The standard InChI is InChI=1S/C16H19F3N4O3/c1-9(16(17,18)19)13-4-3-11-7-20-15(22-23(11)13)21-12-5-6-25-8-14(12)26-10(2)24/h3-4,7,9,12,14H,5-6,8H2,1-2H3,(H,21,22). The lowest BCUT2D eigenvalue weighted by Gasteiger charge is -2.31. The molecule has 1 aliphatic heterocycles. The third-order valence-electron chi connectivity index (χ3n) is 4.30. The predicted molar refractivity (Wildman–Crippen MR) is 85.9 cm³/mol. The fraction of sp³-hybridized carbons (Fsp3) is 0.562. The summed E-state index contributed by atoms with van der Waals surface area (Å²) < 4.78 is 50.9. The number of hydrogen-bond acceptors (Lipinski definition) is 6. The SMILES string of the molecule is CC(=O)OC1COCCC1Nc1ncc2ccc(C(C)C(F)(F)F)n2n1. The van der Waals surface area contributed by atoms with E-state index in [-0.39, 0.29) is 24.3 Å². The predicted octanol–water partition coefficient (Wildman–Crippen LogP) is 2.53. The van der Waals surface area contributed by atoms with Crippen LogP contribution in [0.25, 0.3) is 5.52 Å². The number of aromatic nitrogens is 3. The van der Waals surface area contributed by atoms with Crippen molar-refractivity contribution in [1.29, 1.82) is 0 Å². The molecule has 2 aromatic heterocycles. The lowest BCUT2D eigenvalue weighted by atomic mass is 10.1. The van der Waals surface area contributed by atoms with Crippen LogP contribution in [-0.2, 0) is 14.3 Å². The van der Waals surface area contributed by atoms with E-state index in [0.29, 0.717) is 18.5 Å². The second kappa shape index (κ2) is 7.10. The molecule has 0 aliphatic carbocycles. The summed E-state index contributed by atoms with van der Waals surface area (Å²) in [4.78, 5) is 15.4. The molecule has 0 amide bonds. The van der Waals surface area contributed by atoms with Gasteiger partial charge in [-0.25, -0.2) is 9.50 Å². The molecule has 1 saturated heterocycles. The summed E-state index contributed by atoms with van der Waals surface area (Å²) in [5.74, 6) is -1.94. The first-order chi connectivity index (χ1) is 12.3. The van der Waals surface area contributed by atoms with Crippen molar-refractivity contribution in [2.75, 3.05) is 18.5 Å². The highest BCUT2D eigenvalue weighted by Gasteiger charge is 2.39. The quantitative estimate of drug-likeness (QED) is 0.831. The number of halogens is 3. The highest BCUT2D eigenvalue weighted by Crippen LogP contribution is 2.34. The average Bonchev–Trinajstić information content (AvgIpc) is 2.97. The van der Waals surface area contributed by atoms with Gasteiger partial charge < -0.3 is 14.8 Å². The van der Waals surface area contributed by atoms with Crippen LogP contribution in [-0.4, -0.2) is 52.1 Å². The fourth-order valence-electron chi connectivity index (χ4n) is 2.86. The van der Waals surface area contributed by atoms with E-state index in [1.807, 2.05) is 0 Å². The zero-order chi connectivity index (χ0) is 18.9. The van der Waals surface area contributed by atoms with Crippen molar-refractivity contribution in [1.82, 2.24) is 14.6 Å². The molecule has 10 heteroatoms. The number of rotatable bonds is 4. The van der Waals surface area contributed by atoms with E-state index in [0.717, 1.165) is 6.92 Å². The van der Waals surface area contributed by atoms with Crippen molar-refractivity contribution in [3.05, 3.63) is 24.0 Å². The van der Waals surface area contributed by atoms with Crippen LogP contribution in [0.2, 0.25) is 0 Å². The van der Waals surface area contributed by atoms with Crippen LogP contribution in [0, 0.1) is 0 Å². The first-order valence-electron chi connectivity index (χ1n) is 8.18. The van der Waals surface area contributed by atoms with Crippen LogP contribution in [0.15, 0.2) is 18.3 Å². The van der Waals surface area contributed by atoms with E-state index in [1.165, 1.54) is 29.8 Å². The molecule has 142 valence electrons. The van der Waals surface area contributed by atoms with Gasteiger partial charge in [-0.15, -0.1) is 5.10 Å². The molecule has 0 radical (unpaired) electrons. The van der Waals surface area contributed by atoms with Gasteiger partial charge in [0.15, 0.2) is 0 Å². The molecule has 3 atom stereocenters. The van der Waals surface area contributed by atoms with Crippen molar-refractivity contribution < 1.29 is 27.4 Å². The maximum absolute atomic E-state index is 13.1. The molecule has 1 N–H and O–H groups in total. The number of nitrogens with one attached hydrogen (secondary N) is 1. The lowest BCUT2D eigenvalue weighted by Crippen LogP contribution is -2.44. The molecule has 0 spiro atoms. The Balaban J connectivity index is 1.85. The van der Waals surface area contributed by atoms with Crippen molar-refractivity contribution in [2.45, 2.75) is 44.5 Å². The summed E-state index contributed by atoms with van der Waals surface area (Å²) in [6.07, 6.45) is -2.88. The Kier molecular flexibility index (Phi) is 5.03. The van der Waals surface area contributed by atoms with E-state index < -0.39 is 24.2 Å². The summed E-state index contributed by atoms with van der Waals surface area (Å²) in [7, 11) is 0. The summed E-state index contributed by atoms with van der Waals surface area (Å²) in [6, 6.07) is 2.64. The second-order valence-electron chi connectivity index (χ2n) is 6.20. The maximum Gasteiger partial charge on any atom is 0.396 e. The Bertz CT molecular complexity index is 793. The number of alkyl halides is 3. The van der Waals surface area contributed by atoms with Crippen LogP contribution in [0.1, 0.15) is 31.9 Å². The minimum absolute atomic E-state index is 0.0291. The van der Waals surface area contributed by atoms with E-state index >= 15 is 0 Å². The van der Waals surface area contributed by atoms with Gasteiger partial charge in [-0.1, -0.05) is 0 Å². The summed E-state index contributed by atoms with van der Waals surface area (Å²) in [5, 5.41) is 7.23. The zero-order valence-electron chi connectivity index (χ0n) is 14.3. The largest absolute Gasteiger partial charge is 0.458 e. The molecule has 7 nitrogen and oxygen atoms in total. The lowest BCUT2D eigenvalue weighted by molar-refractivity contribution is -0.153. The number of carbonyl (C=O) groups excluding carboxylic acids is 1. The van der Waals surface area contributed by atoms with Gasteiger partial charge in [0, 0.05) is 13.5 Å². The zero-order valence-corrected chi connectivity index (χ0v) is 14.3. The summed E-state index contributed by atoms with van der Waals surface area (Å²) in [6.45, 7) is 3.10. The number of esters is 1. The molecule has 2 aromatic rings. The minimum Gasteiger partial charge on any atom is -0.458 e. The van der Waals surface area contributed by atoms with Gasteiger partial charge in [0.25, 0.3) is 0 Å². The summed E-state index contributed by atoms with van der Waals surface area (Å²) >= 11 is 0. The number of ether oxygens (including phenoxy) is 2. The van der Waals surface area contributed by atoms with Crippen molar-refractivity contribution in [3.8, 4) is 0 Å². The number of carbonyl (C=O) groups is 1. The molecule has 3 rings (SSSR count). The van der Waals surface area contributed by atoms with Crippen molar-refractivity contribution >= 4 is 17.4 Å². The van der Waals surface area contributed by atoms with Crippen molar-refractivity contribution in [3.63, 3.8) is 0 Å². The Morgan fingerprint density at radius 3 is 2.92 bits per heavy atom. The normalized spacial score (nSPS) is 22.2. The fourth-order valence-corrected chi connectivity index (χ4v) is 2.86. The Labute approximate surface area is 147 Å². The number of anilines is 1. The van der Waals surface area contributed by atoms with Gasteiger partial charge in [-0.05, 0) is 25.5 Å². The first-order valence-corrected chi connectivity index (χ1v) is 8.18. The van der Waals surface area contributed by atoms with Gasteiger partial charge >= 0.3 is 12.1 Å². The van der Waals surface area contributed by atoms with Crippen LogP contribution in [0.3, 0.4) is 0 Å². The van der Waals surface area contributed by atoms with Gasteiger partial charge in [0.05, 0.1) is 36.0 Å². The molecular formula is C16H19F3N4O3. The van der Waals surface area contributed by atoms with E-state index in [1.54, 1.807) is 0 Å². The van der Waals surface area contributed by atoms with Gasteiger partial charge in [0.1, 0.15) is 6.10 Å². The smallest absolute Gasteiger partial charge is 0.396 e. The van der Waals surface area contributed by atoms with E-state index in [4.69, 9.17) is 9.47 Å². The second-order valence-corrected chi connectivity index (χ2v) is 6.20. The average molecular weight is 372 g/mol. The molecular weight excluding hydrogens is 353 g/mol. The Morgan fingerprint density at radius 2 is 2.23 bits per heavy atom. The Hall–Kier alpha value is -2.36. The highest BCUT2D eigenvalue weighted by molar-refractivity contribution is 5.66. The molecule has 1 aliphatic rings. The topological polar surface area (TPSA) is 77.8 Å². The third kappa shape index (κ3) is 3.90. The number of hydrogen-bond donors (Lipinski definition) is 1. The molecule has 1 fully saturated rings. The first kappa shape index (κ1) is 18.4. The highest BCUT2D eigenvalue weighted by atomic mass is 19.4. The van der Waals surface area contributed by atoms with Crippen LogP contribution in [0.4, 0.5) is 19.1 Å². The molecule has 3 heterocycles. The van der Waals surface area contributed by atoms with Crippen LogP contribution >= 0.6 is 0 Å². The molecule has 0 aromatic carbocycles.